The van der Waals surface area contributed by atoms with Crippen LogP contribution in [-0.2, 0) is 10.2 Å². The average molecular weight is 312 g/mol. The second-order valence-electron chi connectivity index (χ2n) is 5.29. The average Bonchev–Trinajstić information content (AvgIpc) is 2.48. The minimum absolute atomic E-state index is 0.0199. The van der Waals surface area contributed by atoms with Gasteiger partial charge < -0.3 is 5.32 Å². The van der Waals surface area contributed by atoms with Crippen molar-refractivity contribution in [1.82, 2.24) is 14.6 Å². The molecule has 2 rings (SSSR count). The molecule has 0 amide bonds. The number of nitrogens with zero attached hydrogens (tertiary/aromatic N) is 2. The number of nitrogens with one attached hydrogen (secondary N) is 2. The second kappa shape index (κ2) is 7.72. The van der Waals surface area contributed by atoms with Gasteiger partial charge in [0.2, 0.25) is 0 Å². The molecule has 1 aromatic heterocycles. The van der Waals surface area contributed by atoms with Crippen LogP contribution in [0.2, 0.25) is 0 Å². The lowest BCUT2D eigenvalue weighted by molar-refractivity contribution is 0.247. The number of pyridine rings is 1. The topological polar surface area (TPSA) is 74.3 Å². The van der Waals surface area contributed by atoms with Gasteiger partial charge in [-0.25, -0.2) is 4.98 Å². The molecule has 1 aliphatic rings. The SMILES string of the molecule is CCCNCC1CCCCN1S(=O)(=O)Nc1ccccn1. The summed E-state index contributed by atoms with van der Waals surface area (Å²) in [7, 11) is -3.54. The van der Waals surface area contributed by atoms with Gasteiger partial charge in [-0.1, -0.05) is 19.4 Å². The monoisotopic (exact) mass is 312 g/mol. The molecule has 7 heteroatoms. The Balaban J connectivity index is 2.04. The molecule has 1 aliphatic heterocycles. The van der Waals surface area contributed by atoms with Gasteiger partial charge in [-0.15, -0.1) is 0 Å². The Hall–Kier alpha value is -1.18. The predicted octanol–water partition coefficient (Wildman–Crippen LogP) is 1.59. The van der Waals surface area contributed by atoms with Crippen molar-refractivity contribution in [1.29, 1.82) is 0 Å². The summed E-state index contributed by atoms with van der Waals surface area (Å²) >= 11 is 0. The van der Waals surface area contributed by atoms with Crippen molar-refractivity contribution in [3.63, 3.8) is 0 Å². The number of rotatable bonds is 7. The van der Waals surface area contributed by atoms with E-state index in [2.05, 4.69) is 21.9 Å². The zero-order chi connectivity index (χ0) is 15.1. The first-order valence-corrected chi connectivity index (χ1v) is 8.99. The molecule has 2 heterocycles. The normalized spacial score (nSPS) is 20.3. The number of aromatic nitrogens is 1. The van der Waals surface area contributed by atoms with Gasteiger partial charge in [-0.3, -0.25) is 4.72 Å². The van der Waals surface area contributed by atoms with Crippen molar-refractivity contribution in [2.24, 2.45) is 0 Å². The first-order valence-electron chi connectivity index (χ1n) is 7.55. The van der Waals surface area contributed by atoms with Crippen LogP contribution in [0.25, 0.3) is 0 Å². The van der Waals surface area contributed by atoms with Gasteiger partial charge >= 0.3 is 10.2 Å². The third-order valence-corrected chi connectivity index (χ3v) is 5.15. The molecule has 6 nitrogen and oxygen atoms in total. The van der Waals surface area contributed by atoms with Crippen molar-refractivity contribution < 1.29 is 8.42 Å². The molecule has 2 N–H and O–H groups in total. The molecule has 1 unspecified atom stereocenters. The van der Waals surface area contributed by atoms with Gasteiger partial charge in [0.1, 0.15) is 5.82 Å². The van der Waals surface area contributed by atoms with E-state index in [1.807, 2.05) is 0 Å². The highest BCUT2D eigenvalue weighted by molar-refractivity contribution is 7.90. The Morgan fingerprint density at radius 3 is 2.95 bits per heavy atom. The zero-order valence-corrected chi connectivity index (χ0v) is 13.3. The largest absolute Gasteiger partial charge is 0.315 e. The number of anilines is 1. The minimum atomic E-state index is -3.54. The highest BCUT2D eigenvalue weighted by atomic mass is 32.2. The highest BCUT2D eigenvalue weighted by Crippen LogP contribution is 2.21. The van der Waals surface area contributed by atoms with Crippen LogP contribution < -0.4 is 10.0 Å². The van der Waals surface area contributed by atoms with Gasteiger partial charge in [0.05, 0.1) is 0 Å². The van der Waals surface area contributed by atoms with Gasteiger partial charge in [0, 0.05) is 25.3 Å². The van der Waals surface area contributed by atoms with E-state index in [1.54, 1.807) is 28.7 Å². The van der Waals surface area contributed by atoms with Crippen LogP contribution in [0.1, 0.15) is 32.6 Å². The highest BCUT2D eigenvalue weighted by Gasteiger charge is 2.32. The first-order chi connectivity index (χ1) is 10.1. The van der Waals surface area contributed by atoms with Crippen LogP contribution in [0.4, 0.5) is 5.82 Å². The summed E-state index contributed by atoms with van der Waals surface area (Å²) in [6.07, 6.45) is 5.52. The maximum absolute atomic E-state index is 12.5. The van der Waals surface area contributed by atoms with Crippen molar-refractivity contribution in [3.8, 4) is 0 Å². The van der Waals surface area contributed by atoms with Crippen LogP contribution >= 0.6 is 0 Å². The molecular weight excluding hydrogens is 288 g/mol. The van der Waals surface area contributed by atoms with Gasteiger partial charge in [-0.05, 0) is 37.9 Å². The van der Waals surface area contributed by atoms with Gasteiger partial charge in [0.15, 0.2) is 0 Å². The fourth-order valence-electron chi connectivity index (χ4n) is 2.55. The summed E-state index contributed by atoms with van der Waals surface area (Å²) in [6.45, 7) is 4.29. The Kier molecular flexibility index (Phi) is 5.96. The first kappa shape index (κ1) is 16.2. The lowest BCUT2D eigenvalue weighted by Crippen LogP contribution is -2.50. The summed E-state index contributed by atoms with van der Waals surface area (Å²) in [5.74, 6) is 0.364. The molecule has 1 aromatic rings. The van der Waals surface area contributed by atoms with Crippen molar-refractivity contribution >= 4 is 16.0 Å². The van der Waals surface area contributed by atoms with Crippen molar-refractivity contribution in [3.05, 3.63) is 24.4 Å². The van der Waals surface area contributed by atoms with Gasteiger partial charge in [0.25, 0.3) is 0 Å². The Bertz CT molecular complexity index is 521. The Morgan fingerprint density at radius 2 is 2.24 bits per heavy atom. The summed E-state index contributed by atoms with van der Waals surface area (Å²) in [4.78, 5) is 4.03. The molecule has 118 valence electrons. The Labute approximate surface area is 127 Å². The summed E-state index contributed by atoms with van der Waals surface area (Å²) in [5.41, 5.74) is 0. The fraction of sp³-hybridized carbons (Fsp3) is 0.643. The zero-order valence-electron chi connectivity index (χ0n) is 12.5. The van der Waals surface area contributed by atoms with Crippen LogP contribution in [0.5, 0.6) is 0 Å². The van der Waals surface area contributed by atoms with Crippen LogP contribution in [0, 0.1) is 0 Å². The van der Waals surface area contributed by atoms with E-state index >= 15 is 0 Å². The molecule has 0 spiro atoms. The lowest BCUT2D eigenvalue weighted by atomic mass is 10.1. The van der Waals surface area contributed by atoms with Crippen LogP contribution in [-0.4, -0.2) is 43.4 Å². The molecule has 0 aliphatic carbocycles. The van der Waals surface area contributed by atoms with Crippen LogP contribution in [0.15, 0.2) is 24.4 Å². The number of piperidine rings is 1. The third-order valence-electron chi connectivity index (χ3n) is 3.59. The summed E-state index contributed by atoms with van der Waals surface area (Å²) in [5, 5.41) is 3.32. The molecule has 1 atom stereocenters. The summed E-state index contributed by atoms with van der Waals surface area (Å²) < 4.78 is 29.2. The van der Waals surface area contributed by atoms with E-state index in [-0.39, 0.29) is 6.04 Å². The van der Waals surface area contributed by atoms with Crippen molar-refractivity contribution in [2.75, 3.05) is 24.4 Å². The molecule has 0 bridgehead atoms. The molecule has 0 aromatic carbocycles. The maximum atomic E-state index is 12.5. The molecule has 21 heavy (non-hydrogen) atoms. The second-order valence-corrected chi connectivity index (χ2v) is 6.91. The van der Waals surface area contributed by atoms with Crippen LogP contribution in [0.3, 0.4) is 0 Å². The maximum Gasteiger partial charge on any atom is 0.303 e. The quantitative estimate of drug-likeness (QED) is 0.750. The van der Waals surface area contributed by atoms with Gasteiger partial charge in [-0.2, -0.15) is 12.7 Å². The lowest BCUT2D eigenvalue weighted by Gasteiger charge is -2.34. The smallest absolute Gasteiger partial charge is 0.303 e. The third kappa shape index (κ3) is 4.66. The standard InChI is InChI=1S/C14H24N4O2S/c1-2-9-15-12-13-7-4-6-11-18(13)21(19,20)17-14-8-3-5-10-16-14/h3,5,8,10,13,15H,2,4,6-7,9,11-12H2,1H3,(H,16,17). The molecule has 1 fully saturated rings. The summed E-state index contributed by atoms with van der Waals surface area (Å²) in [6, 6.07) is 5.20. The molecular formula is C14H24N4O2S. The van der Waals surface area contributed by atoms with E-state index in [0.29, 0.717) is 18.9 Å². The Morgan fingerprint density at radius 1 is 1.38 bits per heavy atom. The molecule has 0 radical (unpaired) electrons. The number of hydrogen-bond donors (Lipinski definition) is 2. The van der Waals surface area contributed by atoms with Crippen molar-refractivity contribution in [2.45, 2.75) is 38.6 Å². The van der Waals surface area contributed by atoms with E-state index in [1.165, 1.54) is 0 Å². The fourth-order valence-corrected chi connectivity index (χ4v) is 4.00. The van der Waals surface area contributed by atoms with E-state index in [9.17, 15) is 8.42 Å². The molecule has 0 saturated carbocycles. The van der Waals surface area contributed by atoms with E-state index in [0.717, 1.165) is 32.2 Å². The van der Waals surface area contributed by atoms with E-state index < -0.39 is 10.2 Å². The predicted molar refractivity (Wildman–Crippen MR) is 84.3 cm³/mol. The van der Waals surface area contributed by atoms with E-state index in [4.69, 9.17) is 0 Å². The minimum Gasteiger partial charge on any atom is -0.315 e. The molecule has 1 saturated heterocycles. The number of hydrogen-bond acceptors (Lipinski definition) is 4.